The summed E-state index contributed by atoms with van der Waals surface area (Å²) in [5, 5.41) is 1.96. The number of methoxy groups -OCH3 is 1. The van der Waals surface area contributed by atoms with Gasteiger partial charge in [-0.25, -0.2) is 5.01 Å². The molecule has 150 valence electrons. The Bertz CT molecular complexity index is 975. The molecule has 0 aliphatic carbocycles. The number of amides is 3. The summed E-state index contributed by atoms with van der Waals surface area (Å²) in [5.74, 6) is -1.70. The molecule has 0 N–H and O–H groups in total. The Hall–Kier alpha value is -2.90. The molecule has 0 bridgehead atoms. The number of rotatable bonds is 6. The Morgan fingerprint density at radius 3 is 2.10 bits per heavy atom. The fourth-order valence-corrected chi connectivity index (χ4v) is 3.15. The number of hydrazine groups is 1. The highest BCUT2D eigenvalue weighted by atomic mass is 35.5. The number of carbonyl (C=O) groups excluding carboxylic acids is 4. The molecule has 0 atom stereocenters. The summed E-state index contributed by atoms with van der Waals surface area (Å²) in [6, 6.07) is 10.4. The molecule has 0 radical (unpaired) electrons. The molecule has 1 heterocycles. The van der Waals surface area contributed by atoms with Crippen molar-refractivity contribution in [2.75, 3.05) is 13.7 Å². The molecule has 7 nitrogen and oxygen atoms in total. The second-order valence-corrected chi connectivity index (χ2v) is 7.06. The largest absolute Gasteiger partial charge is 0.497 e. The van der Waals surface area contributed by atoms with Gasteiger partial charge in [-0.1, -0.05) is 23.2 Å². The zero-order valence-corrected chi connectivity index (χ0v) is 16.9. The lowest BCUT2D eigenvalue weighted by Gasteiger charge is -2.29. The number of benzene rings is 2. The highest BCUT2D eigenvalue weighted by Gasteiger charge is 2.38. The maximum atomic E-state index is 13.1. The molecule has 1 aliphatic heterocycles. The Labute approximate surface area is 176 Å². The van der Waals surface area contributed by atoms with E-state index >= 15 is 0 Å². The fourth-order valence-electron chi connectivity index (χ4n) is 2.85. The van der Waals surface area contributed by atoms with E-state index in [9.17, 15) is 19.2 Å². The molecular formula is C20H16Cl2N2O5. The Balaban J connectivity index is 1.93. The molecule has 9 heteroatoms. The number of carbonyl (C=O) groups is 4. The van der Waals surface area contributed by atoms with Crippen LogP contribution < -0.4 is 4.74 Å². The van der Waals surface area contributed by atoms with Crippen LogP contribution in [0.5, 0.6) is 5.75 Å². The predicted molar refractivity (Wildman–Crippen MR) is 106 cm³/mol. The summed E-state index contributed by atoms with van der Waals surface area (Å²) in [7, 11) is 1.50. The first-order chi connectivity index (χ1) is 13.8. The molecule has 0 aromatic heterocycles. The minimum atomic E-state index is -0.714. The maximum absolute atomic E-state index is 13.1. The molecule has 0 spiro atoms. The number of Topliss-reactive ketones (excluding diaryl/α,β-unsaturated/α-hetero) is 1. The van der Waals surface area contributed by atoms with Crippen molar-refractivity contribution in [3.05, 3.63) is 63.6 Å². The Morgan fingerprint density at radius 1 is 0.966 bits per heavy atom. The van der Waals surface area contributed by atoms with Crippen molar-refractivity contribution >= 4 is 46.7 Å². The zero-order chi connectivity index (χ0) is 21.1. The van der Waals surface area contributed by atoms with Gasteiger partial charge in [0.2, 0.25) is 11.8 Å². The summed E-state index contributed by atoms with van der Waals surface area (Å²) >= 11 is 11.9. The monoisotopic (exact) mass is 434 g/mol. The van der Waals surface area contributed by atoms with Crippen LogP contribution in [0.25, 0.3) is 0 Å². The molecule has 0 saturated carbocycles. The first kappa shape index (κ1) is 20.8. The summed E-state index contributed by atoms with van der Waals surface area (Å²) < 4.78 is 5.06. The van der Waals surface area contributed by atoms with Crippen molar-refractivity contribution in [1.82, 2.24) is 10.0 Å². The van der Waals surface area contributed by atoms with E-state index in [1.165, 1.54) is 37.4 Å². The molecule has 2 aromatic carbocycles. The molecule has 1 aliphatic rings. The fraction of sp³-hybridized carbons (Fsp3) is 0.200. The van der Waals surface area contributed by atoms with Gasteiger partial charge in [0.25, 0.3) is 5.91 Å². The third kappa shape index (κ3) is 4.41. The topological polar surface area (TPSA) is 84.0 Å². The van der Waals surface area contributed by atoms with Crippen LogP contribution >= 0.6 is 23.2 Å². The zero-order valence-electron chi connectivity index (χ0n) is 15.4. The molecule has 29 heavy (non-hydrogen) atoms. The minimum absolute atomic E-state index is 0.0271. The highest BCUT2D eigenvalue weighted by molar-refractivity contribution is 6.42. The van der Waals surface area contributed by atoms with Gasteiger partial charge in [0.15, 0.2) is 5.78 Å². The van der Waals surface area contributed by atoms with Gasteiger partial charge in [-0.05, 0) is 42.5 Å². The van der Waals surface area contributed by atoms with Crippen molar-refractivity contribution in [2.24, 2.45) is 0 Å². The number of nitrogens with zero attached hydrogens (tertiary/aromatic N) is 2. The van der Waals surface area contributed by atoms with E-state index in [0.29, 0.717) is 11.3 Å². The van der Waals surface area contributed by atoms with Gasteiger partial charge in [0, 0.05) is 24.0 Å². The number of halogens is 2. The number of hydrogen-bond donors (Lipinski definition) is 0. The summed E-state index contributed by atoms with van der Waals surface area (Å²) in [6.45, 7) is -0.497. The van der Waals surface area contributed by atoms with Crippen LogP contribution in [0.15, 0.2) is 42.5 Å². The van der Waals surface area contributed by atoms with Crippen molar-refractivity contribution in [3.63, 3.8) is 0 Å². The van der Waals surface area contributed by atoms with Gasteiger partial charge in [0.05, 0.1) is 17.2 Å². The third-order valence-electron chi connectivity index (χ3n) is 4.37. The van der Waals surface area contributed by atoms with Crippen LogP contribution in [0.1, 0.15) is 33.6 Å². The first-order valence-corrected chi connectivity index (χ1v) is 9.37. The third-order valence-corrected chi connectivity index (χ3v) is 5.11. The summed E-state index contributed by atoms with van der Waals surface area (Å²) in [6.07, 6.45) is -0.0541. The van der Waals surface area contributed by atoms with Crippen molar-refractivity contribution in [1.29, 1.82) is 0 Å². The van der Waals surface area contributed by atoms with Gasteiger partial charge < -0.3 is 4.74 Å². The van der Waals surface area contributed by atoms with Gasteiger partial charge in [-0.2, -0.15) is 5.01 Å². The minimum Gasteiger partial charge on any atom is -0.497 e. The van der Waals surface area contributed by atoms with Crippen LogP contribution in [0, 0.1) is 0 Å². The lowest BCUT2D eigenvalue weighted by Crippen LogP contribution is -2.51. The lowest BCUT2D eigenvalue weighted by atomic mass is 10.1. The van der Waals surface area contributed by atoms with Crippen molar-refractivity contribution < 1.29 is 23.9 Å². The number of imide groups is 1. The molecule has 2 aromatic rings. The van der Waals surface area contributed by atoms with Crippen molar-refractivity contribution in [3.8, 4) is 5.75 Å². The van der Waals surface area contributed by atoms with E-state index in [4.69, 9.17) is 27.9 Å². The van der Waals surface area contributed by atoms with Crippen LogP contribution in [0.2, 0.25) is 10.0 Å². The number of ketones is 1. The van der Waals surface area contributed by atoms with E-state index in [1.54, 1.807) is 12.1 Å². The lowest BCUT2D eigenvalue weighted by molar-refractivity contribution is -0.152. The average Bonchev–Trinajstić information content (AvgIpc) is 3.05. The molecule has 3 amide bonds. The van der Waals surface area contributed by atoms with E-state index < -0.39 is 30.0 Å². The second kappa shape index (κ2) is 8.63. The SMILES string of the molecule is COc1ccc(C(=O)CN(C(=O)c2ccc(Cl)c(Cl)c2)N2C(=O)CCC2=O)cc1. The molecule has 0 unspecified atom stereocenters. The summed E-state index contributed by atoms with van der Waals surface area (Å²) in [5.41, 5.74) is 0.395. The highest BCUT2D eigenvalue weighted by Crippen LogP contribution is 2.25. The maximum Gasteiger partial charge on any atom is 0.273 e. The van der Waals surface area contributed by atoms with E-state index in [0.717, 1.165) is 10.0 Å². The second-order valence-electron chi connectivity index (χ2n) is 6.24. The first-order valence-electron chi connectivity index (χ1n) is 8.61. The average molecular weight is 435 g/mol. The normalized spacial score (nSPS) is 13.6. The quantitative estimate of drug-likeness (QED) is 0.513. The van der Waals surface area contributed by atoms with E-state index in [-0.39, 0.29) is 28.5 Å². The molecule has 1 fully saturated rings. The van der Waals surface area contributed by atoms with E-state index in [1.807, 2.05) is 0 Å². The van der Waals surface area contributed by atoms with Gasteiger partial charge >= 0.3 is 0 Å². The molecule has 1 saturated heterocycles. The Morgan fingerprint density at radius 2 is 1.55 bits per heavy atom. The van der Waals surface area contributed by atoms with Crippen LogP contribution in [-0.4, -0.2) is 47.2 Å². The molecule has 3 rings (SSSR count). The predicted octanol–water partition coefficient (Wildman–Crippen LogP) is 3.39. The smallest absolute Gasteiger partial charge is 0.273 e. The van der Waals surface area contributed by atoms with Gasteiger partial charge in [-0.15, -0.1) is 0 Å². The number of ether oxygens (including phenoxy) is 1. The number of hydrogen-bond acceptors (Lipinski definition) is 5. The Kier molecular flexibility index (Phi) is 6.20. The van der Waals surface area contributed by atoms with Crippen molar-refractivity contribution in [2.45, 2.75) is 12.8 Å². The molecular weight excluding hydrogens is 419 g/mol. The van der Waals surface area contributed by atoms with E-state index in [2.05, 4.69) is 0 Å². The van der Waals surface area contributed by atoms with Crippen LogP contribution in [0.3, 0.4) is 0 Å². The summed E-state index contributed by atoms with van der Waals surface area (Å²) in [4.78, 5) is 50.3. The van der Waals surface area contributed by atoms with Gasteiger partial charge in [0.1, 0.15) is 12.3 Å². The standard InChI is InChI=1S/C20H16Cl2N2O5/c1-29-14-5-2-12(3-6-14)17(25)11-23(24-18(26)8-9-19(24)27)20(28)13-4-7-15(21)16(22)10-13/h2-7,10H,8-9,11H2,1H3. The van der Waals surface area contributed by atoms with Gasteiger partial charge in [-0.3, -0.25) is 19.2 Å². The van der Waals surface area contributed by atoms with Crippen LogP contribution in [0.4, 0.5) is 0 Å². The van der Waals surface area contributed by atoms with Crippen LogP contribution in [-0.2, 0) is 9.59 Å².